The Morgan fingerprint density at radius 2 is 1.82 bits per heavy atom. The maximum Gasteiger partial charge on any atom is 0.147 e. The van der Waals surface area contributed by atoms with Gasteiger partial charge in [0.1, 0.15) is 18.0 Å². The van der Waals surface area contributed by atoms with Gasteiger partial charge in [-0.05, 0) is 65.9 Å². The molecule has 0 aliphatic rings. The number of benzene rings is 3. The number of aryl methyl sites for hydroxylation is 2. The zero-order chi connectivity index (χ0) is 23.2. The molecule has 6 heteroatoms. The predicted octanol–water partition coefficient (Wildman–Crippen LogP) is 7.40. The SMILES string of the molecule is Cc1[nH]c2c(F)ccc(C)c2c1CCNc1ncnc2cc(-c3ccc4ccccc4c3)sc12. The summed E-state index contributed by atoms with van der Waals surface area (Å²) < 4.78 is 15.3. The van der Waals surface area contributed by atoms with E-state index in [-0.39, 0.29) is 5.82 Å². The number of anilines is 1. The quantitative estimate of drug-likeness (QED) is 0.278. The van der Waals surface area contributed by atoms with Crippen LogP contribution < -0.4 is 5.32 Å². The Labute approximate surface area is 200 Å². The molecule has 0 aliphatic carbocycles. The Balaban J connectivity index is 1.28. The van der Waals surface area contributed by atoms with Gasteiger partial charge in [0.05, 0.1) is 15.7 Å². The van der Waals surface area contributed by atoms with Crippen molar-refractivity contribution in [2.45, 2.75) is 20.3 Å². The van der Waals surface area contributed by atoms with Gasteiger partial charge in [-0.15, -0.1) is 11.3 Å². The number of nitrogens with zero attached hydrogens (tertiary/aromatic N) is 2. The molecule has 3 heterocycles. The summed E-state index contributed by atoms with van der Waals surface area (Å²) in [5.41, 5.74) is 5.94. The molecule has 0 unspecified atom stereocenters. The highest BCUT2D eigenvalue weighted by Gasteiger charge is 2.15. The van der Waals surface area contributed by atoms with Crippen LogP contribution in [0.15, 0.2) is 67.0 Å². The summed E-state index contributed by atoms with van der Waals surface area (Å²) in [7, 11) is 0. The molecule has 0 amide bonds. The first kappa shape index (κ1) is 20.8. The van der Waals surface area contributed by atoms with E-state index in [2.05, 4.69) is 68.8 Å². The molecule has 0 atom stereocenters. The third-order valence-electron chi connectivity index (χ3n) is 6.44. The highest BCUT2D eigenvalue weighted by molar-refractivity contribution is 7.22. The fourth-order valence-electron chi connectivity index (χ4n) is 4.73. The Bertz CT molecular complexity index is 1680. The van der Waals surface area contributed by atoms with Gasteiger partial charge in [-0.1, -0.05) is 42.5 Å². The van der Waals surface area contributed by atoms with Crippen LogP contribution in [0.2, 0.25) is 0 Å². The largest absolute Gasteiger partial charge is 0.368 e. The normalized spacial score (nSPS) is 11.6. The Morgan fingerprint density at radius 1 is 0.971 bits per heavy atom. The van der Waals surface area contributed by atoms with Crippen molar-refractivity contribution in [1.29, 1.82) is 0 Å². The second-order valence-electron chi connectivity index (χ2n) is 8.63. The van der Waals surface area contributed by atoms with Gasteiger partial charge < -0.3 is 10.3 Å². The highest BCUT2D eigenvalue weighted by atomic mass is 32.1. The molecule has 2 N–H and O–H groups in total. The van der Waals surface area contributed by atoms with E-state index >= 15 is 0 Å². The second-order valence-corrected chi connectivity index (χ2v) is 9.68. The molecule has 0 aliphatic heterocycles. The van der Waals surface area contributed by atoms with Crippen LogP contribution in [0.1, 0.15) is 16.8 Å². The van der Waals surface area contributed by atoms with E-state index in [0.717, 1.165) is 44.7 Å². The van der Waals surface area contributed by atoms with E-state index in [9.17, 15) is 4.39 Å². The zero-order valence-corrected chi connectivity index (χ0v) is 19.8. The number of hydrogen-bond acceptors (Lipinski definition) is 4. The highest BCUT2D eigenvalue weighted by Crippen LogP contribution is 2.37. The van der Waals surface area contributed by atoms with Gasteiger partial charge in [0.25, 0.3) is 0 Å². The van der Waals surface area contributed by atoms with Crippen molar-refractivity contribution >= 4 is 49.0 Å². The van der Waals surface area contributed by atoms with Crippen molar-refractivity contribution in [3.63, 3.8) is 0 Å². The van der Waals surface area contributed by atoms with Crippen LogP contribution in [0.3, 0.4) is 0 Å². The molecule has 168 valence electrons. The van der Waals surface area contributed by atoms with Crippen LogP contribution >= 0.6 is 11.3 Å². The lowest BCUT2D eigenvalue weighted by Crippen LogP contribution is -2.07. The van der Waals surface area contributed by atoms with Gasteiger partial charge in [0, 0.05) is 22.5 Å². The molecular formula is C28H23FN4S. The number of halogens is 1. The lowest BCUT2D eigenvalue weighted by atomic mass is 10.0. The van der Waals surface area contributed by atoms with Crippen molar-refractivity contribution in [3.8, 4) is 10.4 Å². The lowest BCUT2D eigenvalue weighted by Gasteiger charge is -2.08. The molecule has 3 aromatic carbocycles. The van der Waals surface area contributed by atoms with Crippen LogP contribution in [0.5, 0.6) is 0 Å². The maximum atomic E-state index is 14.3. The average Bonchev–Trinajstić information content (AvgIpc) is 3.44. The molecule has 0 fully saturated rings. The summed E-state index contributed by atoms with van der Waals surface area (Å²) in [6, 6.07) is 20.4. The van der Waals surface area contributed by atoms with Crippen molar-refractivity contribution in [3.05, 3.63) is 89.6 Å². The van der Waals surface area contributed by atoms with Gasteiger partial charge in [0.15, 0.2) is 0 Å². The van der Waals surface area contributed by atoms with Crippen molar-refractivity contribution in [1.82, 2.24) is 15.0 Å². The molecular weight excluding hydrogens is 443 g/mol. The Hall–Kier alpha value is -3.77. The molecule has 3 aromatic heterocycles. The van der Waals surface area contributed by atoms with Crippen molar-refractivity contribution in [2.75, 3.05) is 11.9 Å². The van der Waals surface area contributed by atoms with Gasteiger partial charge in [-0.3, -0.25) is 0 Å². The van der Waals surface area contributed by atoms with Gasteiger partial charge >= 0.3 is 0 Å². The third kappa shape index (κ3) is 3.51. The van der Waals surface area contributed by atoms with E-state index in [1.807, 2.05) is 19.9 Å². The fourth-order valence-corrected chi connectivity index (χ4v) is 5.80. The van der Waals surface area contributed by atoms with Gasteiger partial charge in [-0.2, -0.15) is 0 Å². The van der Waals surface area contributed by atoms with E-state index in [4.69, 9.17) is 0 Å². The van der Waals surface area contributed by atoms with Crippen LogP contribution in [-0.4, -0.2) is 21.5 Å². The molecule has 6 aromatic rings. The fraction of sp³-hybridized carbons (Fsp3) is 0.143. The Morgan fingerprint density at radius 3 is 2.71 bits per heavy atom. The first-order valence-electron chi connectivity index (χ1n) is 11.3. The molecule has 0 spiro atoms. The summed E-state index contributed by atoms with van der Waals surface area (Å²) in [6.07, 6.45) is 2.38. The molecule has 0 bridgehead atoms. The van der Waals surface area contributed by atoms with Crippen molar-refractivity contribution < 1.29 is 4.39 Å². The number of aromatic amines is 1. The standard InChI is InChI=1S/C28H23FN4S/c1-16-7-10-22(29)26-25(16)21(17(2)33-26)11-12-30-28-27-23(31-15-32-28)14-24(34-27)20-9-8-18-5-3-4-6-19(18)13-20/h3-10,13-15,33H,11-12H2,1-2H3,(H,30,31,32). The number of hydrogen-bond donors (Lipinski definition) is 2. The summed E-state index contributed by atoms with van der Waals surface area (Å²) in [5.74, 6) is 0.627. The zero-order valence-electron chi connectivity index (χ0n) is 18.9. The number of H-pyrrole nitrogens is 1. The number of thiophene rings is 1. The number of nitrogens with one attached hydrogen (secondary N) is 2. The average molecular weight is 467 g/mol. The first-order valence-corrected chi connectivity index (χ1v) is 12.1. The summed E-state index contributed by atoms with van der Waals surface area (Å²) in [4.78, 5) is 13.4. The molecule has 4 nitrogen and oxygen atoms in total. The molecule has 0 saturated carbocycles. The van der Waals surface area contributed by atoms with Crippen LogP contribution in [0.25, 0.3) is 42.3 Å². The van der Waals surface area contributed by atoms with Crippen LogP contribution in [0, 0.1) is 19.7 Å². The monoisotopic (exact) mass is 466 g/mol. The van der Waals surface area contributed by atoms with E-state index in [0.29, 0.717) is 12.1 Å². The summed E-state index contributed by atoms with van der Waals surface area (Å²) in [6.45, 7) is 4.73. The molecule has 0 saturated heterocycles. The minimum atomic E-state index is -0.208. The van der Waals surface area contributed by atoms with Crippen LogP contribution in [0.4, 0.5) is 10.2 Å². The number of fused-ring (bicyclic) bond motifs is 3. The summed E-state index contributed by atoms with van der Waals surface area (Å²) in [5, 5.41) is 6.94. The minimum absolute atomic E-state index is 0.208. The van der Waals surface area contributed by atoms with E-state index < -0.39 is 0 Å². The summed E-state index contributed by atoms with van der Waals surface area (Å²) >= 11 is 1.70. The Kier molecular flexibility index (Phi) is 5.03. The first-order chi connectivity index (χ1) is 16.6. The predicted molar refractivity (Wildman–Crippen MR) is 140 cm³/mol. The van der Waals surface area contributed by atoms with E-state index in [1.165, 1.54) is 27.3 Å². The number of rotatable bonds is 5. The molecule has 6 rings (SSSR count). The van der Waals surface area contributed by atoms with E-state index in [1.54, 1.807) is 17.7 Å². The van der Waals surface area contributed by atoms with Gasteiger partial charge in [0.2, 0.25) is 0 Å². The lowest BCUT2D eigenvalue weighted by molar-refractivity contribution is 0.637. The third-order valence-corrected chi connectivity index (χ3v) is 7.62. The molecule has 0 radical (unpaired) electrons. The van der Waals surface area contributed by atoms with Crippen molar-refractivity contribution in [2.24, 2.45) is 0 Å². The maximum absolute atomic E-state index is 14.3. The van der Waals surface area contributed by atoms with Gasteiger partial charge in [-0.25, -0.2) is 14.4 Å². The number of aromatic nitrogens is 3. The topological polar surface area (TPSA) is 53.6 Å². The smallest absolute Gasteiger partial charge is 0.147 e. The molecule has 34 heavy (non-hydrogen) atoms. The van der Waals surface area contributed by atoms with Crippen LogP contribution in [-0.2, 0) is 6.42 Å². The minimum Gasteiger partial charge on any atom is -0.368 e. The second kappa shape index (κ2) is 8.22.